The van der Waals surface area contributed by atoms with E-state index in [1.54, 1.807) is 23.4 Å². The van der Waals surface area contributed by atoms with Crippen molar-refractivity contribution in [2.45, 2.75) is 0 Å². The van der Waals surface area contributed by atoms with Crippen LogP contribution in [0.2, 0.25) is 0 Å². The first-order chi connectivity index (χ1) is 11.1. The van der Waals surface area contributed by atoms with E-state index in [9.17, 15) is 14.7 Å². The van der Waals surface area contributed by atoms with Crippen molar-refractivity contribution in [3.8, 4) is 10.7 Å². The number of aliphatic carboxylic acids is 1. The molecule has 7 nitrogen and oxygen atoms in total. The Hall–Kier alpha value is -2.19. The predicted molar refractivity (Wildman–Crippen MR) is 84.2 cm³/mol. The molecule has 2 aliphatic rings. The monoisotopic (exact) mass is 332 g/mol. The minimum Gasteiger partial charge on any atom is -0.481 e. The molecule has 2 aromatic heterocycles. The molecule has 2 aromatic rings. The Morgan fingerprint density at radius 2 is 2.30 bits per heavy atom. The third-order valence-electron chi connectivity index (χ3n) is 4.79. The van der Waals surface area contributed by atoms with E-state index >= 15 is 0 Å². The van der Waals surface area contributed by atoms with E-state index in [0.717, 1.165) is 10.7 Å². The first-order valence-corrected chi connectivity index (χ1v) is 8.25. The van der Waals surface area contributed by atoms with Crippen LogP contribution in [-0.4, -0.2) is 58.0 Å². The summed E-state index contributed by atoms with van der Waals surface area (Å²) in [5, 5.41) is 12.7. The summed E-state index contributed by atoms with van der Waals surface area (Å²) in [5.41, 5.74) is -0.837. The highest BCUT2D eigenvalue weighted by molar-refractivity contribution is 7.17. The zero-order chi connectivity index (χ0) is 16.0. The van der Waals surface area contributed by atoms with Crippen LogP contribution in [0.3, 0.4) is 0 Å². The smallest absolute Gasteiger partial charge is 0.313 e. The van der Waals surface area contributed by atoms with Crippen LogP contribution in [0.15, 0.2) is 24.5 Å². The Morgan fingerprint density at radius 1 is 1.43 bits per heavy atom. The highest BCUT2D eigenvalue weighted by Crippen LogP contribution is 2.40. The second kappa shape index (κ2) is 5.17. The van der Waals surface area contributed by atoms with Gasteiger partial charge in [0, 0.05) is 44.5 Å². The molecule has 4 rings (SSSR count). The third kappa shape index (κ3) is 2.17. The highest BCUT2D eigenvalue weighted by atomic mass is 32.1. The SMILES string of the molecule is O=C(c1ccc(-c2ncc[nH]2)s1)N1C[C@@H]2CNC[C@]2(C(=O)O)C1. The number of nitrogens with one attached hydrogen (secondary N) is 2. The van der Waals surface area contributed by atoms with Crippen LogP contribution in [0.4, 0.5) is 0 Å². The number of H-pyrrole nitrogens is 1. The lowest BCUT2D eigenvalue weighted by atomic mass is 9.81. The molecular weight excluding hydrogens is 316 g/mol. The molecule has 2 saturated heterocycles. The van der Waals surface area contributed by atoms with Gasteiger partial charge in [-0.3, -0.25) is 9.59 Å². The van der Waals surface area contributed by atoms with Crippen LogP contribution in [0.1, 0.15) is 9.67 Å². The van der Waals surface area contributed by atoms with Crippen molar-refractivity contribution in [2.75, 3.05) is 26.2 Å². The summed E-state index contributed by atoms with van der Waals surface area (Å²) in [5.74, 6) is -0.194. The summed E-state index contributed by atoms with van der Waals surface area (Å²) < 4.78 is 0. The number of hydrogen-bond acceptors (Lipinski definition) is 5. The Bertz CT molecular complexity index is 757. The standard InChI is InChI=1S/C15H16N4O3S/c20-13(11-2-1-10(23-11)12-17-3-4-18-12)19-6-9-5-16-7-15(9,8-19)14(21)22/h1-4,9,16H,5-8H2,(H,17,18)(H,21,22)/t9-,15-/m0/s1. The van der Waals surface area contributed by atoms with Crippen LogP contribution in [0.5, 0.6) is 0 Å². The molecule has 2 aliphatic heterocycles. The maximum atomic E-state index is 12.7. The first kappa shape index (κ1) is 14.4. The minimum atomic E-state index is -0.837. The molecule has 8 heteroatoms. The molecule has 2 atom stereocenters. The molecule has 0 unspecified atom stereocenters. The van der Waals surface area contributed by atoms with Crippen molar-refractivity contribution in [1.29, 1.82) is 0 Å². The quantitative estimate of drug-likeness (QED) is 0.775. The number of likely N-dealkylation sites (tertiary alicyclic amines) is 1. The number of aromatic amines is 1. The molecule has 4 heterocycles. The molecule has 0 bridgehead atoms. The number of imidazole rings is 1. The normalized spacial score (nSPS) is 26.4. The largest absolute Gasteiger partial charge is 0.481 e. The molecule has 2 fully saturated rings. The molecule has 120 valence electrons. The van der Waals surface area contributed by atoms with E-state index in [4.69, 9.17) is 0 Å². The summed E-state index contributed by atoms with van der Waals surface area (Å²) >= 11 is 1.37. The van der Waals surface area contributed by atoms with Gasteiger partial charge in [-0.25, -0.2) is 4.98 Å². The second-order valence-electron chi connectivity index (χ2n) is 6.08. The van der Waals surface area contributed by atoms with Crippen LogP contribution < -0.4 is 5.32 Å². The van der Waals surface area contributed by atoms with Gasteiger partial charge >= 0.3 is 5.97 Å². The van der Waals surface area contributed by atoms with E-state index in [1.165, 1.54) is 11.3 Å². The summed E-state index contributed by atoms with van der Waals surface area (Å²) in [6, 6.07) is 3.65. The van der Waals surface area contributed by atoms with E-state index in [1.807, 2.05) is 6.07 Å². The second-order valence-corrected chi connectivity index (χ2v) is 7.16. The van der Waals surface area contributed by atoms with Gasteiger partial charge in [0.2, 0.25) is 0 Å². The van der Waals surface area contributed by atoms with Crippen LogP contribution >= 0.6 is 11.3 Å². The number of carbonyl (C=O) groups is 2. The molecule has 0 aromatic carbocycles. The van der Waals surface area contributed by atoms with Gasteiger partial charge in [-0.15, -0.1) is 11.3 Å². The zero-order valence-electron chi connectivity index (χ0n) is 12.3. The van der Waals surface area contributed by atoms with Gasteiger partial charge in [-0.05, 0) is 12.1 Å². The van der Waals surface area contributed by atoms with Gasteiger partial charge in [0.25, 0.3) is 5.91 Å². The molecule has 0 spiro atoms. The Balaban J connectivity index is 1.56. The van der Waals surface area contributed by atoms with E-state index in [2.05, 4.69) is 15.3 Å². The summed E-state index contributed by atoms with van der Waals surface area (Å²) in [7, 11) is 0. The number of carboxylic acid groups (broad SMARTS) is 1. The number of fused-ring (bicyclic) bond motifs is 1. The average Bonchev–Trinajstić information content (AvgIpc) is 3.27. The maximum absolute atomic E-state index is 12.7. The predicted octanol–water partition coefficient (Wildman–Crippen LogP) is 0.884. The first-order valence-electron chi connectivity index (χ1n) is 7.43. The van der Waals surface area contributed by atoms with Gasteiger partial charge in [0.15, 0.2) is 0 Å². The van der Waals surface area contributed by atoms with Crippen molar-refractivity contribution in [3.05, 3.63) is 29.4 Å². The lowest BCUT2D eigenvalue weighted by Crippen LogP contribution is -2.41. The van der Waals surface area contributed by atoms with Crippen molar-refractivity contribution in [2.24, 2.45) is 11.3 Å². The number of thiophene rings is 1. The van der Waals surface area contributed by atoms with Crippen molar-refractivity contribution in [3.63, 3.8) is 0 Å². The topological polar surface area (TPSA) is 98.3 Å². The van der Waals surface area contributed by atoms with Gasteiger partial charge in [-0.1, -0.05) is 0 Å². The van der Waals surface area contributed by atoms with Crippen molar-refractivity contribution < 1.29 is 14.7 Å². The van der Waals surface area contributed by atoms with Crippen LogP contribution in [0.25, 0.3) is 10.7 Å². The number of nitrogens with zero attached hydrogens (tertiary/aromatic N) is 2. The third-order valence-corrected chi connectivity index (χ3v) is 5.87. The van der Waals surface area contributed by atoms with E-state index in [0.29, 0.717) is 24.5 Å². The van der Waals surface area contributed by atoms with Crippen LogP contribution in [0, 0.1) is 11.3 Å². The Morgan fingerprint density at radius 3 is 3.00 bits per heavy atom. The molecular formula is C15H16N4O3S. The summed E-state index contributed by atoms with van der Waals surface area (Å²) in [6.07, 6.45) is 3.41. The minimum absolute atomic E-state index is 0.0199. The number of rotatable bonds is 3. The van der Waals surface area contributed by atoms with Gasteiger partial charge in [0.1, 0.15) is 11.2 Å². The van der Waals surface area contributed by atoms with Gasteiger partial charge < -0.3 is 20.3 Å². The maximum Gasteiger partial charge on any atom is 0.313 e. The number of amides is 1. The summed E-state index contributed by atoms with van der Waals surface area (Å²) in [4.78, 5) is 34.8. The Labute approximate surface area is 136 Å². The van der Waals surface area contributed by atoms with E-state index in [-0.39, 0.29) is 18.4 Å². The lowest BCUT2D eigenvalue weighted by Gasteiger charge is -2.22. The molecule has 0 saturated carbocycles. The van der Waals surface area contributed by atoms with E-state index < -0.39 is 11.4 Å². The lowest BCUT2D eigenvalue weighted by molar-refractivity contribution is -0.148. The highest BCUT2D eigenvalue weighted by Gasteiger charge is 2.56. The number of carboxylic acids is 1. The average molecular weight is 332 g/mol. The number of carbonyl (C=O) groups excluding carboxylic acids is 1. The fraction of sp³-hybridized carbons (Fsp3) is 0.400. The zero-order valence-corrected chi connectivity index (χ0v) is 13.1. The molecule has 0 aliphatic carbocycles. The van der Waals surface area contributed by atoms with Gasteiger partial charge in [-0.2, -0.15) is 0 Å². The molecule has 3 N–H and O–H groups in total. The Kier molecular flexibility index (Phi) is 3.24. The van der Waals surface area contributed by atoms with Crippen LogP contribution in [-0.2, 0) is 4.79 Å². The number of aromatic nitrogens is 2. The fourth-order valence-electron chi connectivity index (χ4n) is 3.51. The molecule has 1 amide bonds. The molecule has 23 heavy (non-hydrogen) atoms. The summed E-state index contributed by atoms with van der Waals surface area (Å²) in [6.45, 7) is 1.84. The number of hydrogen-bond donors (Lipinski definition) is 3. The molecule has 0 radical (unpaired) electrons. The van der Waals surface area contributed by atoms with Gasteiger partial charge in [0.05, 0.1) is 9.75 Å². The fourth-order valence-corrected chi connectivity index (χ4v) is 4.45. The van der Waals surface area contributed by atoms with Crippen molar-refractivity contribution in [1.82, 2.24) is 20.2 Å². The van der Waals surface area contributed by atoms with Crippen molar-refractivity contribution >= 4 is 23.2 Å².